The fourth-order valence-corrected chi connectivity index (χ4v) is 2.43. The third-order valence-corrected chi connectivity index (χ3v) is 8.67. The first-order valence-corrected chi connectivity index (χ1v) is 10.4. The Morgan fingerprint density at radius 2 is 1.76 bits per heavy atom. The lowest BCUT2D eigenvalue weighted by Gasteiger charge is -2.35. The van der Waals surface area contributed by atoms with Crippen molar-refractivity contribution in [2.45, 2.75) is 52.2 Å². The average molecular weight is 308 g/mol. The summed E-state index contributed by atoms with van der Waals surface area (Å²) in [5.74, 6) is -0.354. The van der Waals surface area contributed by atoms with Crippen LogP contribution in [-0.4, -0.2) is 21.1 Å². The highest BCUT2D eigenvalue weighted by Gasteiger charge is 2.37. The van der Waals surface area contributed by atoms with Crippen LogP contribution in [0.4, 0.5) is 0 Å². The minimum Gasteiger partial charge on any atom is -0.439 e. The maximum atomic E-state index is 12.0. The van der Waals surface area contributed by atoms with E-state index in [0.717, 1.165) is 5.56 Å². The average Bonchev–Trinajstić information content (AvgIpc) is 2.38. The Balaban J connectivity index is 2.40. The summed E-state index contributed by atoms with van der Waals surface area (Å²) in [5, 5.41) is 0.120. The van der Waals surface area contributed by atoms with E-state index < -0.39 is 8.32 Å². The van der Waals surface area contributed by atoms with Crippen molar-refractivity contribution >= 4 is 14.3 Å². The summed E-state index contributed by atoms with van der Waals surface area (Å²) >= 11 is 0. The molecule has 0 aliphatic heterocycles. The number of rotatable bonds is 6. The van der Waals surface area contributed by atoms with Gasteiger partial charge in [-0.2, -0.15) is 0 Å². The predicted octanol–water partition coefficient (Wildman–Crippen LogP) is 4.39. The summed E-state index contributed by atoms with van der Waals surface area (Å²) in [4.78, 5) is 12.0. The van der Waals surface area contributed by atoms with Crippen molar-refractivity contribution in [3.05, 3.63) is 35.9 Å². The smallest absolute Gasteiger partial charge is 0.311 e. The van der Waals surface area contributed by atoms with Crippen molar-refractivity contribution in [1.29, 1.82) is 0 Å². The van der Waals surface area contributed by atoms with Gasteiger partial charge in [0.2, 0.25) is 0 Å². The fraction of sp³-hybridized carbons (Fsp3) is 0.588. The summed E-state index contributed by atoms with van der Waals surface area (Å²) < 4.78 is 11.1. The molecule has 1 rings (SSSR count). The van der Waals surface area contributed by atoms with Gasteiger partial charge in [-0.3, -0.25) is 4.79 Å². The number of carbonyl (C=O) groups excluding carboxylic acids is 1. The molecule has 0 bridgehead atoms. The molecular weight excluding hydrogens is 280 g/mol. The predicted molar refractivity (Wildman–Crippen MR) is 88.6 cm³/mol. The Kier molecular flexibility index (Phi) is 6.17. The second-order valence-electron chi connectivity index (χ2n) is 7.08. The second-order valence-corrected chi connectivity index (χ2v) is 11.9. The molecule has 0 amide bonds. The van der Waals surface area contributed by atoms with Crippen molar-refractivity contribution in [3.8, 4) is 0 Å². The lowest BCUT2D eigenvalue weighted by Crippen LogP contribution is -2.41. The molecule has 0 heterocycles. The molecule has 1 aromatic rings. The Labute approximate surface area is 129 Å². The summed E-state index contributed by atoms with van der Waals surface area (Å²) in [6.07, 6.45) is 0.694. The minimum atomic E-state index is -1.86. The van der Waals surface area contributed by atoms with Gasteiger partial charge in [0.25, 0.3) is 0 Å². The summed E-state index contributed by atoms with van der Waals surface area (Å²) in [6.45, 7) is 12.7. The zero-order valence-electron chi connectivity index (χ0n) is 14.1. The number of benzene rings is 1. The van der Waals surface area contributed by atoms with Crippen LogP contribution >= 0.6 is 0 Å². The Hall–Kier alpha value is -1.13. The molecule has 1 atom stereocenters. The van der Waals surface area contributed by atoms with Crippen molar-refractivity contribution in [2.24, 2.45) is 5.92 Å². The summed E-state index contributed by atoms with van der Waals surface area (Å²) in [6, 6.07) is 9.98. The van der Waals surface area contributed by atoms with Crippen molar-refractivity contribution in [2.75, 3.05) is 6.79 Å². The SMILES string of the molecule is CC(Cc1ccccc1)C(=O)OCO[Si](C)(C)C(C)(C)C. The monoisotopic (exact) mass is 308 g/mol. The van der Waals surface area contributed by atoms with E-state index in [1.54, 1.807) is 0 Å². The molecule has 0 aliphatic carbocycles. The van der Waals surface area contributed by atoms with E-state index in [2.05, 4.69) is 33.9 Å². The maximum Gasteiger partial charge on any atom is 0.311 e. The van der Waals surface area contributed by atoms with Crippen molar-refractivity contribution < 1.29 is 14.0 Å². The molecule has 0 aliphatic rings. The van der Waals surface area contributed by atoms with Crippen molar-refractivity contribution in [3.63, 3.8) is 0 Å². The molecule has 4 heteroatoms. The second kappa shape index (κ2) is 7.23. The third kappa shape index (κ3) is 5.63. The number of carbonyl (C=O) groups is 1. The third-order valence-electron chi connectivity index (χ3n) is 4.21. The zero-order valence-corrected chi connectivity index (χ0v) is 15.1. The molecule has 0 N–H and O–H groups in total. The quantitative estimate of drug-likeness (QED) is 0.444. The Bertz CT molecular complexity index is 449. The van der Waals surface area contributed by atoms with Crippen LogP contribution < -0.4 is 0 Å². The molecule has 0 aromatic heterocycles. The van der Waals surface area contributed by atoms with E-state index in [9.17, 15) is 4.79 Å². The van der Waals surface area contributed by atoms with Gasteiger partial charge in [0.1, 0.15) is 0 Å². The minimum absolute atomic E-state index is 0.0639. The van der Waals surface area contributed by atoms with Crippen LogP contribution in [0.3, 0.4) is 0 Å². The van der Waals surface area contributed by atoms with Crippen LogP contribution in [0.15, 0.2) is 30.3 Å². The van der Waals surface area contributed by atoms with E-state index >= 15 is 0 Å². The molecule has 0 saturated heterocycles. The van der Waals surface area contributed by atoms with E-state index in [4.69, 9.17) is 9.16 Å². The summed E-state index contributed by atoms with van der Waals surface area (Å²) in [7, 11) is -1.86. The molecule has 118 valence electrons. The van der Waals surface area contributed by atoms with Crippen LogP contribution in [0.2, 0.25) is 18.1 Å². The number of hydrogen-bond donors (Lipinski definition) is 0. The highest BCUT2D eigenvalue weighted by atomic mass is 28.4. The molecule has 0 saturated carbocycles. The van der Waals surface area contributed by atoms with E-state index in [1.807, 2.05) is 37.3 Å². The van der Waals surface area contributed by atoms with Gasteiger partial charge in [0.15, 0.2) is 15.1 Å². The molecule has 0 fully saturated rings. The lowest BCUT2D eigenvalue weighted by atomic mass is 10.0. The van der Waals surface area contributed by atoms with Gasteiger partial charge < -0.3 is 9.16 Å². The number of esters is 1. The topological polar surface area (TPSA) is 35.5 Å². The van der Waals surface area contributed by atoms with Crippen molar-refractivity contribution in [1.82, 2.24) is 0 Å². The van der Waals surface area contributed by atoms with Crippen LogP contribution in [0.25, 0.3) is 0 Å². The highest BCUT2D eigenvalue weighted by Crippen LogP contribution is 2.36. The molecule has 1 unspecified atom stereocenters. The summed E-state index contributed by atoms with van der Waals surface area (Å²) in [5.41, 5.74) is 1.15. The number of hydrogen-bond acceptors (Lipinski definition) is 3. The number of ether oxygens (including phenoxy) is 1. The van der Waals surface area contributed by atoms with Crippen LogP contribution in [0, 0.1) is 5.92 Å². The highest BCUT2D eigenvalue weighted by molar-refractivity contribution is 6.74. The standard InChI is InChI=1S/C17H28O3Si/c1-14(12-15-10-8-7-9-11-15)16(18)19-13-20-21(5,6)17(2,3)4/h7-11,14H,12-13H2,1-6H3. The molecule has 21 heavy (non-hydrogen) atoms. The molecule has 0 spiro atoms. The van der Waals surface area contributed by atoms with Crippen LogP contribution in [0.5, 0.6) is 0 Å². The first kappa shape index (κ1) is 17.9. The van der Waals surface area contributed by atoms with E-state index in [1.165, 1.54) is 0 Å². The first-order chi connectivity index (χ1) is 9.63. The van der Waals surface area contributed by atoms with Gasteiger partial charge in [-0.15, -0.1) is 0 Å². The maximum absolute atomic E-state index is 12.0. The van der Waals surface area contributed by atoms with Gasteiger partial charge in [-0.25, -0.2) is 0 Å². The van der Waals surface area contributed by atoms with Gasteiger partial charge >= 0.3 is 5.97 Å². The van der Waals surface area contributed by atoms with E-state index in [0.29, 0.717) is 6.42 Å². The van der Waals surface area contributed by atoms with Crippen LogP contribution in [-0.2, 0) is 20.4 Å². The Morgan fingerprint density at radius 3 is 2.29 bits per heavy atom. The first-order valence-electron chi connectivity index (χ1n) is 7.48. The van der Waals surface area contributed by atoms with Gasteiger partial charge in [0.05, 0.1) is 5.92 Å². The molecule has 1 aromatic carbocycles. The molecule has 0 radical (unpaired) electrons. The zero-order chi connectivity index (χ0) is 16.1. The van der Waals surface area contributed by atoms with Gasteiger partial charge in [-0.05, 0) is 30.1 Å². The van der Waals surface area contributed by atoms with E-state index in [-0.39, 0.29) is 23.7 Å². The fourth-order valence-electron chi connectivity index (χ4n) is 1.64. The van der Waals surface area contributed by atoms with Gasteiger partial charge in [0, 0.05) is 0 Å². The molecular formula is C17H28O3Si. The largest absolute Gasteiger partial charge is 0.439 e. The van der Waals surface area contributed by atoms with Crippen LogP contribution in [0.1, 0.15) is 33.3 Å². The Morgan fingerprint density at radius 1 is 1.19 bits per heavy atom. The van der Waals surface area contributed by atoms with Gasteiger partial charge in [-0.1, -0.05) is 58.0 Å². The lowest BCUT2D eigenvalue weighted by molar-refractivity contribution is -0.155. The molecule has 3 nitrogen and oxygen atoms in total. The normalized spacial score (nSPS) is 13.8.